The van der Waals surface area contributed by atoms with Gasteiger partial charge in [-0.3, -0.25) is 9.69 Å². The molecule has 0 amide bonds. The lowest BCUT2D eigenvalue weighted by Gasteiger charge is -2.35. The average molecular weight is 392 g/mol. The van der Waals surface area contributed by atoms with Gasteiger partial charge in [0.25, 0.3) is 0 Å². The fraction of sp³-hybridized carbons (Fsp3) is 0.375. The van der Waals surface area contributed by atoms with Crippen molar-refractivity contribution < 1.29 is 4.74 Å². The number of nitrogens with one attached hydrogen (secondary N) is 1. The van der Waals surface area contributed by atoms with Gasteiger partial charge in [0.15, 0.2) is 5.43 Å². The lowest BCUT2D eigenvalue weighted by molar-refractivity contribution is 0.139. The van der Waals surface area contributed by atoms with Crippen LogP contribution in [0.3, 0.4) is 0 Å². The van der Waals surface area contributed by atoms with Gasteiger partial charge in [0.2, 0.25) is 0 Å². The van der Waals surface area contributed by atoms with Crippen molar-refractivity contribution in [1.29, 1.82) is 0 Å². The highest BCUT2D eigenvalue weighted by atomic mass is 16.5. The van der Waals surface area contributed by atoms with Crippen molar-refractivity contribution in [3.05, 3.63) is 70.0 Å². The summed E-state index contributed by atoms with van der Waals surface area (Å²) in [5.41, 5.74) is 2.72. The number of para-hydroxylation sites is 1. The summed E-state index contributed by atoms with van der Waals surface area (Å²) < 4.78 is 5.93. The highest BCUT2D eigenvalue weighted by molar-refractivity contribution is 5.81. The number of nitrogens with zero attached hydrogens (tertiary/aromatic N) is 2. The average Bonchev–Trinajstić information content (AvgIpc) is 2.73. The number of hydrogen-bond donors (Lipinski definition) is 1. The van der Waals surface area contributed by atoms with Gasteiger partial charge >= 0.3 is 0 Å². The van der Waals surface area contributed by atoms with Gasteiger partial charge in [0, 0.05) is 34.7 Å². The van der Waals surface area contributed by atoms with E-state index in [4.69, 9.17) is 4.74 Å². The van der Waals surface area contributed by atoms with Gasteiger partial charge in [-0.25, -0.2) is 0 Å². The van der Waals surface area contributed by atoms with Crippen molar-refractivity contribution in [3.63, 3.8) is 0 Å². The summed E-state index contributed by atoms with van der Waals surface area (Å²) in [5.74, 6) is 1.44. The largest absolute Gasteiger partial charge is 0.457 e. The molecule has 0 spiro atoms. The van der Waals surface area contributed by atoms with Crippen LogP contribution in [0.15, 0.2) is 53.3 Å². The Morgan fingerprint density at radius 3 is 2.55 bits per heavy atom. The third-order valence-electron chi connectivity index (χ3n) is 5.98. The molecule has 0 unspecified atom stereocenters. The molecule has 29 heavy (non-hydrogen) atoms. The third-order valence-corrected chi connectivity index (χ3v) is 5.98. The monoisotopic (exact) mass is 391 g/mol. The number of aryl methyl sites for hydroxylation is 1. The van der Waals surface area contributed by atoms with Gasteiger partial charge in [-0.2, -0.15) is 0 Å². The van der Waals surface area contributed by atoms with E-state index in [-0.39, 0.29) is 5.43 Å². The van der Waals surface area contributed by atoms with E-state index in [1.165, 1.54) is 0 Å². The fourth-order valence-electron chi connectivity index (χ4n) is 4.12. The first kappa shape index (κ1) is 19.7. The second kappa shape index (κ2) is 8.39. The lowest BCUT2D eigenvalue weighted by atomic mass is 10.0. The number of rotatable bonds is 5. The Morgan fingerprint density at radius 1 is 1.10 bits per heavy atom. The Hall–Kier alpha value is -2.63. The number of aromatic amines is 1. The number of hydrogen-bond acceptors (Lipinski definition) is 4. The van der Waals surface area contributed by atoms with E-state index < -0.39 is 0 Å². The van der Waals surface area contributed by atoms with Crippen LogP contribution in [0.4, 0.5) is 0 Å². The zero-order valence-corrected chi connectivity index (χ0v) is 17.4. The van der Waals surface area contributed by atoms with Crippen LogP contribution in [-0.4, -0.2) is 48.0 Å². The number of pyridine rings is 1. The van der Waals surface area contributed by atoms with E-state index >= 15 is 0 Å². The molecule has 2 heterocycles. The number of H-pyrrole nitrogens is 1. The van der Waals surface area contributed by atoms with Gasteiger partial charge in [0.05, 0.1) is 0 Å². The Kier molecular flexibility index (Phi) is 5.69. The number of fused-ring (bicyclic) bond motifs is 1. The predicted octanol–water partition coefficient (Wildman–Crippen LogP) is 4.15. The van der Waals surface area contributed by atoms with E-state index in [1.807, 2.05) is 55.5 Å². The van der Waals surface area contributed by atoms with Crippen LogP contribution in [0.1, 0.15) is 24.1 Å². The summed E-state index contributed by atoms with van der Waals surface area (Å²) in [6, 6.07) is 15.8. The van der Waals surface area contributed by atoms with Gasteiger partial charge in [-0.15, -0.1) is 0 Å². The van der Waals surface area contributed by atoms with E-state index in [1.54, 1.807) is 0 Å². The summed E-state index contributed by atoms with van der Waals surface area (Å²) >= 11 is 0. The maximum Gasteiger partial charge on any atom is 0.194 e. The molecular weight excluding hydrogens is 362 g/mol. The SMILES string of the molecule is Cc1[nH]c2ccc(Oc3ccccc3)cc2c(=O)c1CN(C)C1CCN(C)CC1. The molecule has 0 radical (unpaired) electrons. The van der Waals surface area contributed by atoms with Crippen molar-refractivity contribution in [2.75, 3.05) is 27.2 Å². The molecule has 5 heteroatoms. The molecule has 3 aromatic rings. The van der Waals surface area contributed by atoms with Crippen LogP contribution in [0.25, 0.3) is 10.9 Å². The lowest BCUT2D eigenvalue weighted by Crippen LogP contribution is -2.42. The zero-order valence-electron chi connectivity index (χ0n) is 17.4. The standard InChI is InChI=1S/C24H29N3O2/c1-17-22(16-27(3)18-11-13-26(2)14-12-18)24(28)21-15-20(9-10-23(21)25-17)29-19-7-5-4-6-8-19/h4-10,15,18H,11-14,16H2,1-3H3,(H,25,28). The summed E-state index contributed by atoms with van der Waals surface area (Å²) in [5, 5.41) is 0.677. The number of aromatic nitrogens is 1. The highest BCUT2D eigenvalue weighted by Crippen LogP contribution is 2.25. The first-order valence-electron chi connectivity index (χ1n) is 10.3. The summed E-state index contributed by atoms with van der Waals surface area (Å²) in [6.07, 6.45) is 2.29. The normalized spacial score (nSPS) is 15.9. The number of piperidine rings is 1. The van der Waals surface area contributed by atoms with E-state index in [9.17, 15) is 4.79 Å². The number of ether oxygens (including phenoxy) is 1. The van der Waals surface area contributed by atoms with E-state index in [0.717, 1.165) is 48.5 Å². The molecular formula is C24H29N3O2. The predicted molar refractivity (Wildman–Crippen MR) is 118 cm³/mol. The molecule has 0 atom stereocenters. The van der Waals surface area contributed by atoms with Gasteiger partial charge < -0.3 is 14.6 Å². The van der Waals surface area contributed by atoms with E-state index in [0.29, 0.717) is 23.7 Å². The fourth-order valence-corrected chi connectivity index (χ4v) is 4.12. The molecule has 4 rings (SSSR count). The van der Waals surface area contributed by atoms with Crippen LogP contribution in [0.5, 0.6) is 11.5 Å². The van der Waals surface area contributed by atoms with Crippen LogP contribution in [0, 0.1) is 6.92 Å². The first-order chi connectivity index (χ1) is 14.0. The number of likely N-dealkylation sites (tertiary alicyclic amines) is 1. The minimum atomic E-state index is 0.0922. The van der Waals surface area contributed by atoms with Crippen molar-refractivity contribution in [2.45, 2.75) is 32.4 Å². The minimum absolute atomic E-state index is 0.0922. The Balaban J connectivity index is 1.61. The summed E-state index contributed by atoms with van der Waals surface area (Å²) in [4.78, 5) is 21.4. The smallest absolute Gasteiger partial charge is 0.194 e. The minimum Gasteiger partial charge on any atom is -0.457 e. The molecule has 152 valence electrons. The van der Waals surface area contributed by atoms with Crippen LogP contribution in [0.2, 0.25) is 0 Å². The molecule has 1 aromatic heterocycles. The van der Waals surface area contributed by atoms with Gasteiger partial charge in [0.1, 0.15) is 11.5 Å². The summed E-state index contributed by atoms with van der Waals surface area (Å²) in [7, 11) is 4.30. The Labute approximate surface area is 171 Å². The third kappa shape index (κ3) is 4.36. The Morgan fingerprint density at radius 2 is 1.83 bits per heavy atom. The molecule has 0 aliphatic carbocycles. The topological polar surface area (TPSA) is 48.6 Å². The van der Waals surface area contributed by atoms with Crippen LogP contribution >= 0.6 is 0 Å². The second-order valence-electron chi connectivity index (χ2n) is 8.13. The van der Waals surface area contributed by atoms with Crippen LogP contribution in [-0.2, 0) is 6.54 Å². The van der Waals surface area contributed by atoms with E-state index in [2.05, 4.69) is 28.9 Å². The molecule has 0 bridgehead atoms. The molecule has 1 saturated heterocycles. The van der Waals surface area contributed by atoms with Crippen molar-refractivity contribution in [2.24, 2.45) is 0 Å². The second-order valence-corrected chi connectivity index (χ2v) is 8.13. The van der Waals surface area contributed by atoms with Crippen LogP contribution < -0.4 is 10.2 Å². The van der Waals surface area contributed by atoms with Crippen molar-refractivity contribution in [3.8, 4) is 11.5 Å². The van der Waals surface area contributed by atoms with Gasteiger partial charge in [-0.05, 0) is 77.3 Å². The molecule has 0 saturated carbocycles. The highest BCUT2D eigenvalue weighted by Gasteiger charge is 2.22. The quantitative estimate of drug-likeness (QED) is 0.710. The molecule has 5 nitrogen and oxygen atoms in total. The zero-order chi connectivity index (χ0) is 20.4. The molecule has 1 fully saturated rings. The van der Waals surface area contributed by atoms with Crippen molar-refractivity contribution in [1.82, 2.24) is 14.8 Å². The van der Waals surface area contributed by atoms with Crippen molar-refractivity contribution >= 4 is 10.9 Å². The Bertz CT molecular complexity index is 1040. The molecule has 2 aromatic carbocycles. The maximum atomic E-state index is 13.3. The first-order valence-corrected chi connectivity index (χ1v) is 10.3. The molecule has 1 aliphatic rings. The summed E-state index contributed by atoms with van der Waals surface area (Å²) in [6.45, 7) is 4.88. The molecule has 1 N–H and O–H groups in total. The maximum absolute atomic E-state index is 13.3. The number of benzene rings is 2. The molecule has 1 aliphatic heterocycles. The van der Waals surface area contributed by atoms with Gasteiger partial charge in [-0.1, -0.05) is 18.2 Å².